The van der Waals surface area contributed by atoms with Crippen molar-refractivity contribution in [2.24, 2.45) is 0 Å². The van der Waals surface area contributed by atoms with Crippen LogP contribution in [0.15, 0.2) is 84.9 Å². The molecular weight excluding hydrogens is 338 g/mol. The van der Waals surface area contributed by atoms with Gasteiger partial charge in [0.1, 0.15) is 12.4 Å². The van der Waals surface area contributed by atoms with E-state index in [4.69, 9.17) is 4.74 Å². The number of nitrogens with zero attached hydrogens (tertiary/aromatic N) is 1. The third-order valence-corrected chi connectivity index (χ3v) is 4.36. The Morgan fingerprint density at radius 1 is 0.852 bits per heavy atom. The fourth-order valence-corrected chi connectivity index (χ4v) is 3.17. The van der Waals surface area contributed by atoms with Gasteiger partial charge in [-0.3, -0.25) is 0 Å². The summed E-state index contributed by atoms with van der Waals surface area (Å²) < 4.78 is 5.80. The predicted molar refractivity (Wildman–Crippen MR) is 105 cm³/mol. The standard InChI is InChI=1S/C23H17NO3/c25-23(26)22-20(15-27-17-11-5-2-6-12-17)24-19-14-8-7-13-18(19)21(22)16-9-3-1-4-10-16/h1-14H,15H2,(H,25,26). The van der Waals surface area contributed by atoms with Gasteiger partial charge in [0, 0.05) is 10.9 Å². The van der Waals surface area contributed by atoms with Gasteiger partial charge in [0.05, 0.1) is 16.8 Å². The van der Waals surface area contributed by atoms with Crippen molar-refractivity contribution in [3.8, 4) is 16.9 Å². The SMILES string of the molecule is O=C(O)c1c(COc2ccccc2)nc2ccccc2c1-c1ccccc1. The fourth-order valence-electron chi connectivity index (χ4n) is 3.17. The fraction of sp³-hybridized carbons (Fsp3) is 0.0435. The summed E-state index contributed by atoms with van der Waals surface area (Å²) in [6.07, 6.45) is 0. The Balaban J connectivity index is 1.91. The zero-order chi connectivity index (χ0) is 18.6. The van der Waals surface area contributed by atoms with Crippen molar-refractivity contribution in [2.45, 2.75) is 6.61 Å². The first-order valence-corrected chi connectivity index (χ1v) is 8.62. The molecule has 3 aromatic carbocycles. The molecule has 0 aliphatic carbocycles. The lowest BCUT2D eigenvalue weighted by Gasteiger charge is -2.15. The van der Waals surface area contributed by atoms with E-state index in [0.717, 1.165) is 16.5 Å². The van der Waals surface area contributed by atoms with E-state index in [2.05, 4.69) is 4.98 Å². The molecule has 0 saturated heterocycles. The lowest BCUT2D eigenvalue weighted by atomic mass is 9.94. The Kier molecular flexibility index (Phi) is 4.54. The molecule has 0 unspecified atom stereocenters. The van der Waals surface area contributed by atoms with E-state index in [1.54, 1.807) is 0 Å². The van der Waals surface area contributed by atoms with Crippen molar-refractivity contribution >= 4 is 16.9 Å². The molecule has 0 aliphatic rings. The molecule has 4 nitrogen and oxygen atoms in total. The number of carboxylic acids is 1. The minimum Gasteiger partial charge on any atom is -0.487 e. The Bertz CT molecular complexity index is 1090. The van der Waals surface area contributed by atoms with Gasteiger partial charge in [-0.2, -0.15) is 0 Å². The summed E-state index contributed by atoms with van der Waals surface area (Å²) in [5.41, 5.74) is 2.84. The molecule has 27 heavy (non-hydrogen) atoms. The van der Waals surface area contributed by atoms with Crippen molar-refractivity contribution in [2.75, 3.05) is 0 Å². The van der Waals surface area contributed by atoms with E-state index in [-0.39, 0.29) is 12.2 Å². The van der Waals surface area contributed by atoms with Crippen molar-refractivity contribution in [1.29, 1.82) is 0 Å². The van der Waals surface area contributed by atoms with Crippen LogP contribution in [0.1, 0.15) is 16.1 Å². The third kappa shape index (κ3) is 3.37. The van der Waals surface area contributed by atoms with Gasteiger partial charge in [0.25, 0.3) is 0 Å². The molecule has 0 fully saturated rings. The molecule has 132 valence electrons. The van der Waals surface area contributed by atoms with E-state index in [1.807, 2.05) is 84.9 Å². The summed E-state index contributed by atoms with van der Waals surface area (Å²) in [6.45, 7) is 0.0797. The summed E-state index contributed by atoms with van der Waals surface area (Å²) in [4.78, 5) is 16.8. The first-order chi connectivity index (χ1) is 13.2. The number of carbonyl (C=O) groups is 1. The van der Waals surface area contributed by atoms with Crippen LogP contribution in [0.3, 0.4) is 0 Å². The summed E-state index contributed by atoms with van der Waals surface area (Å²) >= 11 is 0. The van der Waals surface area contributed by atoms with E-state index in [1.165, 1.54) is 0 Å². The molecule has 0 saturated carbocycles. The smallest absolute Gasteiger partial charge is 0.338 e. The highest BCUT2D eigenvalue weighted by Crippen LogP contribution is 2.33. The molecule has 1 N–H and O–H groups in total. The maximum atomic E-state index is 12.2. The number of hydrogen-bond acceptors (Lipinski definition) is 3. The van der Waals surface area contributed by atoms with Gasteiger partial charge in [-0.25, -0.2) is 9.78 Å². The predicted octanol–water partition coefficient (Wildman–Crippen LogP) is 5.18. The monoisotopic (exact) mass is 355 g/mol. The number of hydrogen-bond donors (Lipinski definition) is 1. The zero-order valence-corrected chi connectivity index (χ0v) is 14.5. The molecule has 0 aliphatic heterocycles. The second kappa shape index (κ2) is 7.30. The third-order valence-electron chi connectivity index (χ3n) is 4.36. The molecule has 0 amide bonds. The molecule has 4 heteroatoms. The quantitative estimate of drug-likeness (QED) is 0.536. The van der Waals surface area contributed by atoms with Gasteiger partial charge >= 0.3 is 5.97 Å². The average molecular weight is 355 g/mol. The van der Waals surface area contributed by atoms with Gasteiger partial charge < -0.3 is 9.84 Å². The number of para-hydroxylation sites is 2. The molecule has 0 bridgehead atoms. The number of fused-ring (bicyclic) bond motifs is 1. The summed E-state index contributed by atoms with van der Waals surface area (Å²) in [7, 11) is 0. The number of ether oxygens (including phenoxy) is 1. The Morgan fingerprint density at radius 2 is 1.48 bits per heavy atom. The van der Waals surface area contributed by atoms with E-state index in [9.17, 15) is 9.90 Å². The number of benzene rings is 3. The number of rotatable bonds is 5. The number of pyridine rings is 1. The molecule has 4 aromatic rings. The summed E-state index contributed by atoms with van der Waals surface area (Å²) in [5.74, 6) is -0.344. The molecule has 0 atom stereocenters. The Labute approximate surface area is 156 Å². The number of aromatic nitrogens is 1. The van der Waals surface area contributed by atoms with Gasteiger partial charge in [0.15, 0.2) is 0 Å². The molecule has 4 rings (SSSR count). The minimum atomic E-state index is -1.02. The van der Waals surface area contributed by atoms with Crippen molar-refractivity contribution in [3.63, 3.8) is 0 Å². The van der Waals surface area contributed by atoms with E-state index < -0.39 is 5.97 Å². The van der Waals surface area contributed by atoms with Gasteiger partial charge in [0.2, 0.25) is 0 Å². The van der Waals surface area contributed by atoms with Crippen molar-refractivity contribution in [3.05, 3.63) is 96.2 Å². The highest BCUT2D eigenvalue weighted by molar-refractivity contribution is 6.07. The molecule has 1 aromatic heterocycles. The highest BCUT2D eigenvalue weighted by atomic mass is 16.5. The normalized spacial score (nSPS) is 10.7. The average Bonchev–Trinajstić information content (AvgIpc) is 2.72. The first kappa shape index (κ1) is 16.8. The lowest BCUT2D eigenvalue weighted by Crippen LogP contribution is -2.11. The Morgan fingerprint density at radius 3 is 2.19 bits per heavy atom. The van der Waals surface area contributed by atoms with Crippen LogP contribution in [-0.2, 0) is 6.61 Å². The molecule has 0 spiro atoms. The van der Waals surface area contributed by atoms with Crippen LogP contribution in [0, 0.1) is 0 Å². The van der Waals surface area contributed by atoms with Gasteiger partial charge in [-0.15, -0.1) is 0 Å². The summed E-state index contributed by atoms with van der Waals surface area (Å²) in [6, 6.07) is 26.4. The van der Waals surface area contributed by atoms with Gasteiger partial charge in [-0.1, -0.05) is 66.7 Å². The van der Waals surface area contributed by atoms with Crippen LogP contribution in [-0.4, -0.2) is 16.1 Å². The van der Waals surface area contributed by atoms with Crippen molar-refractivity contribution in [1.82, 2.24) is 4.98 Å². The maximum Gasteiger partial charge on any atom is 0.338 e. The molecule has 1 heterocycles. The minimum absolute atomic E-state index is 0.0797. The van der Waals surface area contributed by atoms with Crippen LogP contribution in [0.25, 0.3) is 22.0 Å². The van der Waals surface area contributed by atoms with Crippen LogP contribution in [0.5, 0.6) is 5.75 Å². The highest BCUT2D eigenvalue weighted by Gasteiger charge is 2.22. The number of aromatic carboxylic acids is 1. The zero-order valence-electron chi connectivity index (χ0n) is 14.5. The molecular formula is C23H17NO3. The second-order valence-electron chi connectivity index (χ2n) is 6.10. The van der Waals surface area contributed by atoms with Crippen LogP contribution >= 0.6 is 0 Å². The number of carboxylic acid groups (broad SMARTS) is 1. The van der Waals surface area contributed by atoms with E-state index >= 15 is 0 Å². The van der Waals surface area contributed by atoms with E-state index in [0.29, 0.717) is 17.0 Å². The Hall–Kier alpha value is -3.66. The lowest BCUT2D eigenvalue weighted by molar-refractivity contribution is 0.0694. The van der Waals surface area contributed by atoms with Crippen molar-refractivity contribution < 1.29 is 14.6 Å². The maximum absolute atomic E-state index is 12.2. The topological polar surface area (TPSA) is 59.4 Å². The largest absolute Gasteiger partial charge is 0.487 e. The van der Waals surface area contributed by atoms with Crippen LogP contribution in [0.2, 0.25) is 0 Å². The first-order valence-electron chi connectivity index (χ1n) is 8.62. The van der Waals surface area contributed by atoms with Crippen LogP contribution < -0.4 is 4.74 Å². The summed E-state index contributed by atoms with van der Waals surface area (Å²) in [5, 5.41) is 10.8. The molecule has 0 radical (unpaired) electrons. The van der Waals surface area contributed by atoms with Crippen LogP contribution in [0.4, 0.5) is 0 Å². The second-order valence-corrected chi connectivity index (χ2v) is 6.10. The van der Waals surface area contributed by atoms with Gasteiger partial charge in [-0.05, 0) is 23.8 Å².